The fourth-order valence-corrected chi connectivity index (χ4v) is 5.06. The number of hydrogen-bond acceptors (Lipinski definition) is 9. The molecule has 1 fully saturated rings. The Morgan fingerprint density at radius 2 is 1.91 bits per heavy atom. The number of ether oxygens (including phenoxy) is 3. The highest BCUT2D eigenvalue weighted by Gasteiger charge is 2.47. The van der Waals surface area contributed by atoms with Crippen LogP contribution in [-0.4, -0.2) is 54.3 Å². The van der Waals surface area contributed by atoms with Crippen LogP contribution in [0.1, 0.15) is 45.7 Å². The zero-order valence-corrected chi connectivity index (χ0v) is 21.5. The fourth-order valence-electron chi connectivity index (χ4n) is 3.33. The molecule has 1 aliphatic heterocycles. The van der Waals surface area contributed by atoms with Gasteiger partial charge in [0.2, 0.25) is 0 Å². The molecule has 11 nitrogen and oxygen atoms in total. The van der Waals surface area contributed by atoms with Crippen molar-refractivity contribution in [1.29, 1.82) is 0 Å². The van der Waals surface area contributed by atoms with Gasteiger partial charge >= 0.3 is 13.7 Å². The minimum absolute atomic E-state index is 0.146. The average molecular weight is 503 g/mol. The van der Waals surface area contributed by atoms with Crippen molar-refractivity contribution >= 4 is 19.6 Å². The van der Waals surface area contributed by atoms with E-state index in [1.165, 1.54) is 5.48 Å². The summed E-state index contributed by atoms with van der Waals surface area (Å²) in [5.74, 6) is -2.61. The number of carbonyl (C=O) groups excluding carboxylic acids is 2. The van der Waals surface area contributed by atoms with Gasteiger partial charge in [-0.25, -0.2) is 10.0 Å². The summed E-state index contributed by atoms with van der Waals surface area (Å²) in [6.07, 6.45) is -2.24. The number of amides is 1. The first-order valence-corrected chi connectivity index (χ1v) is 12.6. The highest BCUT2D eigenvalue weighted by atomic mass is 31.2. The predicted octanol–water partition coefficient (Wildman–Crippen LogP) is 3.01. The summed E-state index contributed by atoms with van der Waals surface area (Å²) in [6, 6.07) is 4.26. The second-order valence-electron chi connectivity index (χ2n) is 8.76. The molecule has 0 saturated carbocycles. The molecular weight excluding hydrogens is 467 g/mol. The first kappa shape index (κ1) is 28.2. The van der Waals surface area contributed by atoms with E-state index in [1.807, 2.05) is 13.0 Å². The van der Waals surface area contributed by atoms with Crippen LogP contribution in [0.25, 0.3) is 0 Å². The Labute approximate surface area is 200 Å². The molecule has 192 valence electrons. The average Bonchev–Trinajstić information content (AvgIpc) is 3.08. The second-order valence-corrected chi connectivity index (χ2v) is 10.4. The maximum Gasteiger partial charge on any atom is 0.459 e. The number of benzene rings is 1. The lowest BCUT2D eigenvalue weighted by atomic mass is 10.1. The molecular formula is C22H35N2O9P. The number of aryl methyl sites for hydroxylation is 1. The lowest BCUT2D eigenvalue weighted by Crippen LogP contribution is -2.43. The Balaban J connectivity index is 2.34. The van der Waals surface area contributed by atoms with Gasteiger partial charge in [-0.3, -0.25) is 19.3 Å². The van der Waals surface area contributed by atoms with E-state index in [4.69, 9.17) is 28.5 Å². The third-order valence-electron chi connectivity index (χ3n) is 5.24. The highest BCUT2D eigenvalue weighted by molar-refractivity contribution is 7.52. The molecule has 34 heavy (non-hydrogen) atoms. The smallest absolute Gasteiger partial charge is 0.459 e. The largest absolute Gasteiger partial charge is 0.465 e. The van der Waals surface area contributed by atoms with Crippen LogP contribution in [0, 0.1) is 19.8 Å². The lowest BCUT2D eigenvalue weighted by Gasteiger charge is -2.28. The van der Waals surface area contributed by atoms with E-state index in [0.717, 1.165) is 11.1 Å². The Morgan fingerprint density at radius 3 is 2.50 bits per heavy atom. The van der Waals surface area contributed by atoms with Gasteiger partial charge in [0.05, 0.1) is 13.2 Å². The van der Waals surface area contributed by atoms with Crippen molar-refractivity contribution in [2.75, 3.05) is 13.2 Å². The van der Waals surface area contributed by atoms with Crippen LogP contribution in [0.3, 0.4) is 0 Å². The molecule has 1 saturated heterocycles. The van der Waals surface area contributed by atoms with Gasteiger partial charge in [-0.15, -0.1) is 0 Å². The molecule has 1 amide bonds. The molecule has 4 atom stereocenters. The molecule has 1 aliphatic rings. The monoisotopic (exact) mass is 502 g/mol. The van der Waals surface area contributed by atoms with Crippen molar-refractivity contribution in [1.82, 2.24) is 10.6 Å². The van der Waals surface area contributed by atoms with Gasteiger partial charge in [-0.1, -0.05) is 26.0 Å². The van der Waals surface area contributed by atoms with E-state index in [1.54, 1.807) is 53.7 Å². The minimum Gasteiger partial charge on any atom is -0.465 e. The molecule has 3 N–H and O–H groups in total. The van der Waals surface area contributed by atoms with Gasteiger partial charge in [0.1, 0.15) is 17.9 Å². The number of hydrogen-bond donors (Lipinski definition) is 3. The number of carbonyl (C=O) groups is 2. The first-order chi connectivity index (χ1) is 15.8. The number of nitrogens with one attached hydrogen (secondary N) is 2. The number of rotatable bonds is 11. The van der Waals surface area contributed by atoms with Crippen molar-refractivity contribution in [2.24, 2.45) is 5.92 Å². The van der Waals surface area contributed by atoms with Gasteiger partial charge in [-0.2, -0.15) is 5.09 Å². The van der Waals surface area contributed by atoms with Crippen LogP contribution < -0.4 is 15.1 Å². The van der Waals surface area contributed by atoms with Crippen molar-refractivity contribution in [3.05, 3.63) is 29.3 Å². The second kappa shape index (κ2) is 11.6. The quantitative estimate of drug-likeness (QED) is 0.179. The Bertz CT molecular complexity index is 922. The molecule has 0 aliphatic carbocycles. The van der Waals surface area contributed by atoms with E-state index >= 15 is 0 Å². The van der Waals surface area contributed by atoms with Crippen LogP contribution >= 0.6 is 7.75 Å². The molecule has 0 bridgehead atoms. The van der Waals surface area contributed by atoms with Gasteiger partial charge in [0.25, 0.3) is 5.91 Å². The molecule has 1 unspecified atom stereocenters. The summed E-state index contributed by atoms with van der Waals surface area (Å²) in [7, 11) is -4.22. The Kier molecular flexibility index (Phi) is 9.64. The van der Waals surface area contributed by atoms with Crippen molar-refractivity contribution < 1.29 is 42.6 Å². The normalized spacial score (nSPS) is 22.1. The van der Waals surface area contributed by atoms with Crippen LogP contribution in [0.15, 0.2) is 18.2 Å². The molecule has 2 rings (SSSR count). The zero-order chi connectivity index (χ0) is 25.7. The van der Waals surface area contributed by atoms with Crippen molar-refractivity contribution in [3.63, 3.8) is 0 Å². The zero-order valence-electron chi connectivity index (χ0n) is 20.6. The van der Waals surface area contributed by atoms with Gasteiger partial charge in [-0.05, 0) is 57.7 Å². The van der Waals surface area contributed by atoms with Gasteiger partial charge in [0.15, 0.2) is 11.9 Å². The lowest BCUT2D eigenvalue weighted by molar-refractivity contribution is -0.160. The summed E-state index contributed by atoms with van der Waals surface area (Å²) in [6.45, 7) is 11.8. The van der Waals surface area contributed by atoms with Crippen LogP contribution in [0.5, 0.6) is 5.75 Å². The molecule has 0 radical (unpaired) electrons. The van der Waals surface area contributed by atoms with Gasteiger partial charge < -0.3 is 18.7 Å². The summed E-state index contributed by atoms with van der Waals surface area (Å²) >= 11 is 0. The van der Waals surface area contributed by atoms with E-state index in [-0.39, 0.29) is 12.5 Å². The third-order valence-corrected chi connectivity index (χ3v) is 6.76. The fraction of sp³-hybridized carbons (Fsp3) is 0.636. The Hall–Kier alpha value is -2.01. The SMILES string of the molecule is CCOC(=O)[C@H](NP(=O)(OC[C@H]1OC(C)(C)O[C@H]1C(=O)NO)Oc1cccc(C)c1C)C(C)C. The van der Waals surface area contributed by atoms with E-state index in [9.17, 15) is 14.2 Å². The number of esters is 1. The van der Waals surface area contributed by atoms with Crippen molar-refractivity contribution in [2.45, 2.75) is 72.5 Å². The molecule has 0 spiro atoms. The molecule has 1 aromatic carbocycles. The Morgan fingerprint density at radius 1 is 1.24 bits per heavy atom. The standard InChI is InChI=1S/C22H35N2O9P/c1-8-29-21(26)18(13(2)3)24-34(28,33-16-11-9-10-14(4)15(16)5)30-12-17-19(20(25)23-27)32-22(6,7)31-17/h9-11,13,17-19,27H,8,12H2,1-7H3,(H,23,25)(H,24,28)/t17-,18-,19-,34?/m1/s1. The van der Waals surface area contributed by atoms with E-state index in [0.29, 0.717) is 5.75 Å². The molecule has 1 aromatic rings. The summed E-state index contributed by atoms with van der Waals surface area (Å²) in [5, 5.41) is 11.7. The minimum atomic E-state index is -4.22. The highest BCUT2D eigenvalue weighted by Crippen LogP contribution is 2.47. The third kappa shape index (κ3) is 7.24. The molecule has 12 heteroatoms. The predicted molar refractivity (Wildman–Crippen MR) is 122 cm³/mol. The van der Waals surface area contributed by atoms with Crippen LogP contribution in [-0.2, 0) is 32.9 Å². The van der Waals surface area contributed by atoms with E-state index in [2.05, 4.69) is 5.09 Å². The van der Waals surface area contributed by atoms with Crippen LogP contribution in [0.4, 0.5) is 0 Å². The van der Waals surface area contributed by atoms with Gasteiger partial charge in [0, 0.05) is 0 Å². The molecule has 0 aromatic heterocycles. The summed E-state index contributed by atoms with van der Waals surface area (Å²) in [4.78, 5) is 24.6. The topological polar surface area (TPSA) is 142 Å². The van der Waals surface area contributed by atoms with Crippen LogP contribution in [0.2, 0.25) is 0 Å². The number of hydroxylamine groups is 1. The van der Waals surface area contributed by atoms with Crippen molar-refractivity contribution in [3.8, 4) is 5.75 Å². The first-order valence-electron chi connectivity index (χ1n) is 11.1. The maximum atomic E-state index is 13.9. The molecule has 1 heterocycles. The maximum absolute atomic E-state index is 13.9. The summed E-state index contributed by atoms with van der Waals surface area (Å²) in [5.41, 5.74) is 3.17. The summed E-state index contributed by atoms with van der Waals surface area (Å²) < 4.78 is 41.8. The van der Waals surface area contributed by atoms with E-state index < -0.39 is 50.3 Å².